The van der Waals surface area contributed by atoms with E-state index in [2.05, 4.69) is 14.9 Å². The van der Waals surface area contributed by atoms with E-state index in [1.165, 1.54) is 6.07 Å². The Morgan fingerprint density at radius 3 is 2.33 bits per heavy atom. The number of anilines is 1. The first kappa shape index (κ1) is 17.9. The Bertz CT molecular complexity index is 974. The van der Waals surface area contributed by atoms with E-state index in [4.69, 9.17) is 12.2 Å². The largest absolute Gasteiger partial charge is 0.367 e. The molecule has 1 saturated heterocycles. The molecule has 4 rings (SSSR count). The first-order valence-corrected chi connectivity index (χ1v) is 9.48. The minimum atomic E-state index is -0.162. The summed E-state index contributed by atoms with van der Waals surface area (Å²) in [6.45, 7) is 5.86. The molecule has 2 aromatic carbocycles. The van der Waals surface area contributed by atoms with E-state index in [1.807, 2.05) is 58.6 Å². The summed E-state index contributed by atoms with van der Waals surface area (Å²) in [5.41, 5.74) is 1.70. The van der Waals surface area contributed by atoms with Gasteiger partial charge in [0.15, 0.2) is 0 Å². The van der Waals surface area contributed by atoms with E-state index in [9.17, 15) is 4.39 Å². The summed E-state index contributed by atoms with van der Waals surface area (Å²) in [5, 5.41) is 4.63. The summed E-state index contributed by atoms with van der Waals surface area (Å²) in [7, 11) is 0. The molecule has 0 saturated carbocycles. The highest BCUT2D eigenvalue weighted by atomic mass is 32.1. The molecule has 1 fully saturated rings. The van der Waals surface area contributed by atoms with Gasteiger partial charge in [-0.15, -0.1) is 0 Å². The minimum Gasteiger partial charge on any atom is -0.367 e. The lowest BCUT2D eigenvalue weighted by molar-refractivity contribution is 0.193. The van der Waals surface area contributed by atoms with Crippen LogP contribution in [-0.2, 0) is 6.67 Å². The Kier molecular flexibility index (Phi) is 5.05. The second kappa shape index (κ2) is 7.62. The molecule has 0 amide bonds. The Balaban J connectivity index is 1.46. The highest BCUT2D eigenvalue weighted by Crippen LogP contribution is 2.20. The third kappa shape index (κ3) is 3.65. The maximum Gasteiger partial charge on any atom is 0.203 e. The third-order valence-corrected chi connectivity index (χ3v) is 5.31. The SMILES string of the molecule is Cc1nn(CN2CCN(c3ccccc3F)CC2)c(=S)n1-c1ccccc1. The molecule has 0 spiro atoms. The van der Waals surface area contributed by atoms with Gasteiger partial charge in [-0.3, -0.25) is 9.47 Å². The van der Waals surface area contributed by atoms with Crippen LogP contribution in [0.3, 0.4) is 0 Å². The molecule has 140 valence electrons. The van der Waals surface area contributed by atoms with Crippen LogP contribution in [0.1, 0.15) is 5.82 Å². The summed E-state index contributed by atoms with van der Waals surface area (Å²) in [6.07, 6.45) is 0. The minimum absolute atomic E-state index is 0.162. The number of aromatic nitrogens is 3. The van der Waals surface area contributed by atoms with Crippen LogP contribution in [0.2, 0.25) is 0 Å². The van der Waals surface area contributed by atoms with E-state index in [0.29, 0.717) is 17.1 Å². The van der Waals surface area contributed by atoms with Gasteiger partial charge in [0.25, 0.3) is 0 Å². The standard InChI is InChI=1S/C20H22FN5S/c1-16-22-25(20(27)26(16)17-7-3-2-4-8-17)15-23-11-13-24(14-12-23)19-10-6-5-9-18(19)21/h2-10H,11-15H2,1H3. The van der Waals surface area contributed by atoms with E-state index in [0.717, 1.165) is 37.7 Å². The topological polar surface area (TPSA) is 29.2 Å². The molecule has 7 heteroatoms. The molecule has 5 nitrogen and oxygen atoms in total. The number of hydrogen-bond donors (Lipinski definition) is 0. The van der Waals surface area contributed by atoms with Gasteiger partial charge in [0, 0.05) is 31.9 Å². The smallest absolute Gasteiger partial charge is 0.203 e. The lowest BCUT2D eigenvalue weighted by Gasteiger charge is -2.35. The normalized spacial score (nSPS) is 15.3. The number of piperazine rings is 1. The predicted molar refractivity (Wildman–Crippen MR) is 107 cm³/mol. The summed E-state index contributed by atoms with van der Waals surface area (Å²) < 4.78 is 18.5. The molecule has 0 aliphatic carbocycles. The molecule has 2 heterocycles. The molecular weight excluding hydrogens is 361 g/mol. The fourth-order valence-electron chi connectivity index (χ4n) is 3.51. The number of rotatable bonds is 4. The molecule has 0 N–H and O–H groups in total. The van der Waals surface area contributed by atoms with E-state index in [1.54, 1.807) is 6.07 Å². The van der Waals surface area contributed by atoms with Gasteiger partial charge in [-0.1, -0.05) is 30.3 Å². The lowest BCUT2D eigenvalue weighted by Crippen LogP contribution is -2.47. The summed E-state index contributed by atoms with van der Waals surface area (Å²) in [4.78, 5) is 4.40. The highest BCUT2D eigenvalue weighted by molar-refractivity contribution is 7.71. The lowest BCUT2D eigenvalue weighted by atomic mass is 10.2. The van der Waals surface area contributed by atoms with Crippen molar-refractivity contribution in [3.05, 3.63) is 71.0 Å². The molecule has 0 atom stereocenters. The molecule has 1 aromatic heterocycles. The molecule has 0 bridgehead atoms. The second-order valence-electron chi connectivity index (χ2n) is 6.70. The van der Waals surface area contributed by atoms with Crippen molar-refractivity contribution in [2.45, 2.75) is 13.6 Å². The van der Waals surface area contributed by atoms with Crippen molar-refractivity contribution in [3.8, 4) is 5.69 Å². The first-order valence-electron chi connectivity index (χ1n) is 9.07. The average molecular weight is 383 g/mol. The molecule has 3 aromatic rings. The van der Waals surface area contributed by atoms with Crippen molar-refractivity contribution in [2.24, 2.45) is 0 Å². The van der Waals surface area contributed by atoms with Crippen molar-refractivity contribution in [1.29, 1.82) is 0 Å². The highest BCUT2D eigenvalue weighted by Gasteiger charge is 2.20. The Morgan fingerprint density at radius 1 is 0.963 bits per heavy atom. The van der Waals surface area contributed by atoms with Crippen molar-refractivity contribution < 1.29 is 4.39 Å². The van der Waals surface area contributed by atoms with Gasteiger partial charge in [0.1, 0.15) is 11.6 Å². The van der Waals surface area contributed by atoms with Crippen molar-refractivity contribution >= 4 is 17.9 Å². The van der Waals surface area contributed by atoms with Crippen molar-refractivity contribution in [2.75, 3.05) is 31.1 Å². The molecule has 0 radical (unpaired) electrons. The number of para-hydroxylation sites is 2. The molecule has 1 aliphatic rings. The molecular formula is C20H22FN5S. The van der Waals surface area contributed by atoms with Gasteiger partial charge >= 0.3 is 0 Å². The number of aryl methyl sites for hydroxylation is 1. The van der Waals surface area contributed by atoms with Crippen LogP contribution < -0.4 is 4.90 Å². The predicted octanol–water partition coefficient (Wildman–Crippen LogP) is 3.63. The van der Waals surface area contributed by atoms with Crippen LogP contribution in [0.4, 0.5) is 10.1 Å². The molecule has 27 heavy (non-hydrogen) atoms. The monoisotopic (exact) mass is 383 g/mol. The zero-order valence-corrected chi connectivity index (χ0v) is 16.1. The van der Waals surface area contributed by atoms with Crippen LogP contribution in [0.25, 0.3) is 5.69 Å². The third-order valence-electron chi connectivity index (χ3n) is 4.91. The number of nitrogens with zero attached hydrogens (tertiary/aromatic N) is 5. The number of benzene rings is 2. The fourth-order valence-corrected chi connectivity index (χ4v) is 3.85. The van der Waals surface area contributed by atoms with Crippen LogP contribution in [0.5, 0.6) is 0 Å². The molecule has 1 aliphatic heterocycles. The summed E-state index contributed by atoms with van der Waals surface area (Å²) in [6, 6.07) is 17.0. The summed E-state index contributed by atoms with van der Waals surface area (Å²) >= 11 is 5.66. The van der Waals surface area contributed by atoms with Crippen LogP contribution in [-0.4, -0.2) is 45.4 Å². The quantitative estimate of drug-likeness (QED) is 0.644. The van der Waals surface area contributed by atoms with Crippen LogP contribution >= 0.6 is 12.2 Å². The number of halogens is 1. The zero-order valence-electron chi connectivity index (χ0n) is 15.3. The second-order valence-corrected chi connectivity index (χ2v) is 7.06. The zero-order chi connectivity index (χ0) is 18.8. The van der Waals surface area contributed by atoms with Gasteiger partial charge < -0.3 is 4.90 Å². The van der Waals surface area contributed by atoms with Gasteiger partial charge in [0.2, 0.25) is 4.77 Å². The van der Waals surface area contributed by atoms with E-state index < -0.39 is 0 Å². The first-order chi connectivity index (χ1) is 13.1. The van der Waals surface area contributed by atoms with Gasteiger partial charge in [-0.05, 0) is 43.4 Å². The van der Waals surface area contributed by atoms with Crippen molar-refractivity contribution in [1.82, 2.24) is 19.2 Å². The van der Waals surface area contributed by atoms with E-state index in [-0.39, 0.29) is 5.82 Å². The fraction of sp³-hybridized carbons (Fsp3) is 0.300. The van der Waals surface area contributed by atoms with Crippen LogP contribution in [0, 0.1) is 17.5 Å². The van der Waals surface area contributed by atoms with E-state index >= 15 is 0 Å². The van der Waals surface area contributed by atoms with Gasteiger partial charge in [0.05, 0.1) is 12.4 Å². The molecule has 0 unspecified atom stereocenters. The summed E-state index contributed by atoms with van der Waals surface area (Å²) in [5.74, 6) is 0.710. The maximum atomic E-state index is 14.0. The van der Waals surface area contributed by atoms with Gasteiger partial charge in [-0.25, -0.2) is 9.07 Å². The Hall–Kier alpha value is -2.51. The number of hydrogen-bond acceptors (Lipinski definition) is 4. The maximum absolute atomic E-state index is 14.0. The van der Waals surface area contributed by atoms with Crippen molar-refractivity contribution in [3.63, 3.8) is 0 Å². The Labute approximate surface area is 163 Å². The van der Waals surface area contributed by atoms with Crippen LogP contribution in [0.15, 0.2) is 54.6 Å². The average Bonchev–Trinajstić information content (AvgIpc) is 2.97. The Morgan fingerprint density at radius 2 is 1.63 bits per heavy atom. The van der Waals surface area contributed by atoms with Gasteiger partial charge in [-0.2, -0.15) is 5.10 Å².